The third-order valence-corrected chi connectivity index (χ3v) is 6.73. The zero-order valence-electron chi connectivity index (χ0n) is 16.0. The maximum Gasteiger partial charge on any atom is 0.221 e. The molecule has 0 spiro atoms. The standard InChI is InChI=1S/C23H20INO3S/c1-3-29-23-20(22(28)16-11-7-8-12-18(16)25-14(2)26)17(13-19(27)21(23)24)15-9-5-4-6-10-15/h4-13,27H,3H2,1-2H3,(H,25,26). The summed E-state index contributed by atoms with van der Waals surface area (Å²) in [6.45, 7) is 3.42. The monoisotopic (exact) mass is 517 g/mol. The number of amides is 1. The van der Waals surface area contributed by atoms with E-state index in [0.717, 1.165) is 16.2 Å². The molecule has 3 aromatic carbocycles. The fourth-order valence-corrected chi connectivity index (χ4v) is 4.85. The number of anilines is 1. The highest BCUT2D eigenvalue weighted by molar-refractivity contribution is 14.1. The number of hydrogen-bond acceptors (Lipinski definition) is 4. The summed E-state index contributed by atoms with van der Waals surface area (Å²) in [5, 5.41) is 13.3. The Kier molecular flexibility index (Phi) is 6.97. The first-order valence-electron chi connectivity index (χ1n) is 9.09. The summed E-state index contributed by atoms with van der Waals surface area (Å²) < 4.78 is 0.648. The molecule has 0 atom stereocenters. The van der Waals surface area contributed by atoms with Crippen molar-refractivity contribution in [3.8, 4) is 16.9 Å². The molecule has 3 rings (SSSR count). The molecule has 0 radical (unpaired) electrons. The summed E-state index contributed by atoms with van der Waals surface area (Å²) in [6, 6.07) is 18.2. The highest BCUT2D eigenvalue weighted by Gasteiger charge is 2.25. The normalized spacial score (nSPS) is 10.6. The Morgan fingerprint density at radius 2 is 1.72 bits per heavy atom. The van der Waals surface area contributed by atoms with Crippen LogP contribution in [0.5, 0.6) is 5.75 Å². The first-order valence-corrected chi connectivity index (χ1v) is 11.2. The lowest BCUT2D eigenvalue weighted by molar-refractivity contribution is -0.114. The third-order valence-electron chi connectivity index (χ3n) is 4.28. The average Bonchev–Trinajstić information content (AvgIpc) is 2.71. The second-order valence-corrected chi connectivity index (χ2v) is 8.67. The lowest BCUT2D eigenvalue weighted by Crippen LogP contribution is -2.13. The summed E-state index contributed by atoms with van der Waals surface area (Å²) >= 11 is 3.60. The molecule has 0 heterocycles. The highest BCUT2D eigenvalue weighted by atomic mass is 127. The van der Waals surface area contributed by atoms with Crippen LogP contribution >= 0.6 is 34.4 Å². The van der Waals surface area contributed by atoms with Crippen molar-refractivity contribution in [1.29, 1.82) is 0 Å². The van der Waals surface area contributed by atoms with E-state index in [0.29, 0.717) is 25.9 Å². The van der Waals surface area contributed by atoms with Crippen molar-refractivity contribution in [2.45, 2.75) is 18.7 Å². The summed E-state index contributed by atoms with van der Waals surface area (Å²) in [5.74, 6) is 0.465. The van der Waals surface area contributed by atoms with Crippen molar-refractivity contribution in [3.05, 3.63) is 75.4 Å². The Hall–Kier alpha value is -2.32. The van der Waals surface area contributed by atoms with E-state index in [2.05, 4.69) is 27.9 Å². The smallest absolute Gasteiger partial charge is 0.221 e. The molecule has 0 fully saturated rings. The van der Waals surface area contributed by atoms with Crippen molar-refractivity contribution in [2.75, 3.05) is 11.1 Å². The summed E-state index contributed by atoms with van der Waals surface area (Å²) in [4.78, 5) is 26.1. The molecule has 4 nitrogen and oxygen atoms in total. The number of ketones is 1. The second kappa shape index (κ2) is 9.45. The fraction of sp³-hybridized carbons (Fsp3) is 0.130. The predicted molar refractivity (Wildman–Crippen MR) is 127 cm³/mol. The molecule has 0 saturated carbocycles. The highest BCUT2D eigenvalue weighted by Crippen LogP contribution is 2.42. The number of phenolic OH excluding ortho intramolecular Hbond substituents is 1. The van der Waals surface area contributed by atoms with E-state index in [1.807, 2.05) is 37.3 Å². The van der Waals surface area contributed by atoms with Gasteiger partial charge in [-0.3, -0.25) is 9.59 Å². The molecule has 0 aliphatic rings. The zero-order chi connectivity index (χ0) is 21.0. The summed E-state index contributed by atoms with van der Waals surface area (Å²) in [7, 11) is 0. The van der Waals surface area contributed by atoms with Crippen LogP contribution in [0.3, 0.4) is 0 Å². The Balaban J connectivity index is 2.29. The minimum absolute atomic E-state index is 0.145. The number of rotatable bonds is 6. The van der Waals surface area contributed by atoms with Crippen LogP contribution in [0.4, 0.5) is 5.69 Å². The van der Waals surface area contributed by atoms with Crippen LogP contribution in [0.25, 0.3) is 11.1 Å². The van der Waals surface area contributed by atoms with Gasteiger partial charge in [0.1, 0.15) is 5.75 Å². The number of benzene rings is 3. The number of hydrogen-bond donors (Lipinski definition) is 2. The lowest BCUT2D eigenvalue weighted by atomic mass is 9.92. The number of thioether (sulfide) groups is 1. The van der Waals surface area contributed by atoms with Crippen LogP contribution in [0.1, 0.15) is 29.8 Å². The van der Waals surface area contributed by atoms with Gasteiger partial charge in [-0.25, -0.2) is 0 Å². The van der Waals surface area contributed by atoms with Gasteiger partial charge in [-0.15, -0.1) is 11.8 Å². The molecule has 0 unspecified atom stereocenters. The van der Waals surface area contributed by atoms with Gasteiger partial charge in [0.25, 0.3) is 0 Å². The van der Waals surface area contributed by atoms with E-state index in [9.17, 15) is 14.7 Å². The molecular weight excluding hydrogens is 497 g/mol. The fourth-order valence-electron chi connectivity index (χ4n) is 3.09. The van der Waals surface area contributed by atoms with Crippen LogP contribution in [0, 0.1) is 3.57 Å². The summed E-state index contributed by atoms with van der Waals surface area (Å²) in [6.07, 6.45) is 0. The zero-order valence-corrected chi connectivity index (χ0v) is 19.0. The van der Waals surface area contributed by atoms with Crippen LogP contribution in [-0.4, -0.2) is 22.5 Å². The minimum Gasteiger partial charge on any atom is -0.507 e. The first kappa shape index (κ1) is 21.4. The van der Waals surface area contributed by atoms with Gasteiger partial charge in [-0.2, -0.15) is 0 Å². The molecule has 0 aromatic heterocycles. The molecule has 3 aromatic rings. The molecule has 6 heteroatoms. The largest absolute Gasteiger partial charge is 0.507 e. The molecule has 1 amide bonds. The maximum absolute atomic E-state index is 13.8. The Labute approximate surface area is 187 Å². The molecule has 29 heavy (non-hydrogen) atoms. The Bertz CT molecular complexity index is 1070. The molecular formula is C23H20INO3S. The van der Waals surface area contributed by atoms with Gasteiger partial charge >= 0.3 is 0 Å². The molecule has 2 N–H and O–H groups in total. The van der Waals surface area contributed by atoms with Crippen molar-refractivity contribution in [2.24, 2.45) is 0 Å². The summed E-state index contributed by atoms with van der Waals surface area (Å²) in [5.41, 5.74) is 2.93. The topological polar surface area (TPSA) is 66.4 Å². The lowest BCUT2D eigenvalue weighted by Gasteiger charge is -2.18. The second-order valence-electron chi connectivity index (χ2n) is 6.32. The predicted octanol–water partition coefficient (Wildman–Crippen LogP) is 5.97. The first-order chi connectivity index (χ1) is 13.9. The van der Waals surface area contributed by atoms with Gasteiger partial charge in [0.05, 0.1) is 9.26 Å². The Morgan fingerprint density at radius 1 is 1.07 bits per heavy atom. The Morgan fingerprint density at radius 3 is 2.38 bits per heavy atom. The molecule has 0 saturated heterocycles. The number of aromatic hydroxyl groups is 1. The van der Waals surface area contributed by atoms with Crippen LogP contribution in [0.2, 0.25) is 0 Å². The minimum atomic E-state index is -0.239. The SMILES string of the molecule is CCSc1c(I)c(O)cc(-c2ccccc2)c1C(=O)c1ccccc1NC(C)=O. The van der Waals surface area contributed by atoms with Crippen molar-refractivity contribution < 1.29 is 14.7 Å². The van der Waals surface area contributed by atoms with Crippen molar-refractivity contribution in [1.82, 2.24) is 0 Å². The van der Waals surface area contributed by atoms with Crippen molar-refractivity contribution >= 4 is 51.7 Å². The van der Waals surface area contributed by atoms with E-state index >= 15 is 0 Å². The molecule has 0 aliphatic carbocycles. The van der Waals surface area contributed by atoms with E-state index in [1.165, 1.54) is 18.7 Å². The number of halogens is 1. The number of carbonyl (C=O) groups excluding carboxylic acids is 2. The van der Waals surface area contributed by atoms with E-state index < -0.39 is 0 Å². The number of para-hydroxylation sites is 1. The van der Waals surface area contributed by atoms with E-state index in [1.54, 1.807) is 30.3 Å². The van der Waals surface area contributed by atoms with Crippen LogP contribution < -0.4 is 5.32 Å². The van der Waals surface area contributed by atoms with Crippen LogP contribution in [-0.2, 0) is 4.79 Å². The van der Waals surface area contributed by atoms with Gasteiger partial charge in [0.2, 0.25) is 5.91 Å². The van der Waals surface area contributed by atoms with Gasteiger partial charge in [0.15, 0.2) is 5.78 Å². The van der Waals surface area contributed by atoms with Crippen molar-refractivity contribution in [3.63, 3.8) is 0 Å². The van der Waals surface area contributed by atoms with Gasteiger partial charge < -0.3 is 10.4 Å². The molecule has 148 valence electrons. The number of phenols is 1. The van der Waals surface area contributed by atoms with Gasteiger partial charge in [-0.05, 0) is 57.7 Å². The average molecular weight is 517 g/mol. The van der Waals surface area contributed by atoms with E-state index in [4.69, 9.17) is 0 Å². The number of nitrogens with one attached hydrogen (secondary N) is 1. The maximum atomic E-state index is 13.8. The van der Waals surface area contributed by atoms with Gasteiger partial charge in [-0.1, -0.05) is 49.4 Å². The quantitative estimate of drug-likeness (QED) is 0.241. The third kappa shape index (κ3) is 4.64. The number of carbonyl (C=O) groups is 2. The van der Waals surface area contributed by atoms with Gasteiger partial charge in [0, 0.05) is 22.9 Å². The van der Waals surface area contributed by atoms with Crippen LogP contribution in [0.15, 0.2) is 65.6 Å². The molecule has 0 bridgehead atoms. The van der Waals surface area contributed by atoms with E-state index in [-0.39, 0.29) is 17.4 Å². The molecule has 0 aliphatic heterocycles.